The molecule has 2 N–H and O–H groups in total. The Balaban J connectivity index is 0.000000243. The molecule has 1 amide bonds. The Labute approximate surface area is 140 Å². The van der Waals surface area contributed by atoms with E-state index in [2.05, 4.69) is 15.5 Å². The minimum atomic E-state index is -0.922. The molecule has 0 unspecified atom stereocenters. The summed E-state index contributed by atoms with van der Waals surface area (Å²) in [5.74, 6) is -1.14. The molecule has 0 bridgehead atoms. The molecule has 1 aromatic carbocycles. The van der Waals surface area contributed by atoms with E-state index in [0.29, 0.717) is 5.56 Å². The van der Waals surface area contributed by atoms with Crippen molar-refractivity contribution in [3.63, 3.8) is 0 Å². The number of nitrogens with zero attached hydrogens (tertiary/aromatic N) is 2. The molecule has 24 heavy (non-hydrogen) atoms. The van der Waals surface area contributed by atoms with E-state index in [1.54, 1.807) is 30.6 Å². The van der Waals surface area contributed by atoms with Crippen LogP contribution in [0.3, 0.4) is 0 Å². The van der Waals surface area contributed by atoms with Gasteiger partial charge in [0.15, 0.2) is 0 Å². The average molecular weight is 325 g/mol. The van der Waals surface area contributed by atoms with Gasteiger partial charge < -0.3 is 5.11 Å². The third kappa shape index (κ3) is 8.23. The van der Waals surface area contributed by atoms with Crippen LogP contribution in [0.5, 0.6) is 0 Å². The summed E-state index contributed by atoms with van der Waals surface area (Å²) in [7, 11) is 0. The van der Waals surface area contributed by atoms with Crippen molar-refractivity contribution in [3.8, 4) is 0 Å². The maximum absolute atomic E-state index is 11.3. The van der Waals surface area contributed by atoms with E-state index in [9.17, 15) is 9.59 Å². The van der Waals surface area contributed by atoms with Crippen LogP contribution >= 0.6 is 0 Å². The predicted molar refractivity (Wildman–Crippen MR) is 93.6 cm³/mol. The molecular formula is C18H19N3O3. The van der Waals surface area contributed by atoms with Crippen molar-refractivity contribution in [2.45, 2.75) is 13.8 Å². The van der Waals surface area contributed by atoms with Gasteiger partial charge in [-0.05, 0) is 37.6 Å². The number of amides is 1. The molecular weight excluding hydrogens is 306 g/mol. The molecule has 0 radical (unpaired) electrons. The van der Waals surface area contributed by atoms with Crippen LogP contribution in [0.4, 0.5) is 0 Å². The highest BCUT2D eigenvalue weighted by Gasteiger charge is 2.01. The maximum Gasteiger partial charge on any atom is 0.328 e. The van der Waals surface area contributed by atoms with Crippen molar-refractivity contribution < 1.29 is 14.7 Å². The first-order chi connectivity index (χ1) is 11.5. The van der Waals surface area contributed by atoms with Gasteiger partial charge in [0, 0.05) is 29.7 Å². The van der Waals surface area contributed by atoms with Crippen molar-refractivity contribution in [2.75, 3.05) is 0 Å². The molecule has 124 valence electrons. The fourth-order valence-corrected chi connectivity index (χ4v) is 1.46. The van der Waals surface area contributed by atoms with Crippen molar-refractivity contribution in [1.29, 1.82) is 0 Å². The summed E-state index contributed by atoms with van der Waals surface area (Å²) in [6.45, 7) is 3.62. The van der Waals surface area contributed by atoms with Crippen LogP contribution in [0.15, 0.2) is 66.0 Å². The molecule has 2 rings (SSSR count). The second-order valence-corrected chi connectivity index (χ2v) is 4.82. The zero-order chi connectivity index (χ0) is 17.8. The molecule has 6 nitrogen and oxygen atoms in total. The minimum absolute atomic E-state index is 0.219. The smallest absolute Gasteiger partial charge is 0.328 e. The monoisotopic (exact) mass is 325 g/mol. The number of carboxylic acids is 1. The Hall–Kier alpha value is -3.28. The van der Waals surface area contributed by atoms with E-state index in [4.69, 9.17) is 5.11 Å². The van der Waals surface area contributed by atoms with Crippen LogP contribution in [0.25, 0.3) is 6.08 Å². The number of aromatic nitrogens is 1. The molecule has 0 aliphatic carbocycles. The van der Waals surface area contributed by atoms with E-state index in [0.717, 1.165) is 17.4 Å². The van der Waals surface area contributed by atoms with Crippen LogP contribution in [-0.2, 0) is 4.79 Å². The minimum Gasteiger partial charge on any atom is -0.478 e. The highest BCUT2D eigenvalue weighted by molar-refractivity contribution is 5.94. The standard InChI is InChI=1S/C9H11N3O.C9H8O2/c1-7(2)11-12-9(13)8-3-5-10-6-4-8;10-9(11)7-6-8-4-2-1-3-5-8/h3-6H,1-2H3,(H,12,13);1-7H,(H,10,11)/b;7-6+. The Morgan fingerprint density at radius 1 is 1.08 bits per heavy atom. The van der Waals surface area contributed by atoms with Gasteiger partial charge in [-0.2, -0.15) is 5.10 Å². The summed E-state index contributed by atoms with van der Waals surface area (Å²) in [6, 6.07) is 12.6. The van der Waals surface area contributed by atoms with Crippen molar-refractivity contribution in [2.24, 2.45) is 5.10 Å². The second kappa shape index (κ2) is 10.4. The van der Waals surface area contributed by atoms with Gasteiger partial charge >= 0.3 is 5.97 Å². The largest absolute Gasteiger partial charge is 0.478 e. The second-order valence-electron chi connectivity index (χ2n) is 4.82. The molecule has 0 atom stereocenters. The number of nitrogens with one attached hydrogen (secondary N) is 1. The summed E-state index contributed by atoms with van der Waals surface area (Å²) < 4.78 is 0. The molecule has 0 saturated carbocycles. The van der Waals surface area contributed by atoms with Gasteiger partial charge in [-0.15, -0.1) is 0 Å². The molecule has 2 aromatic rings. The van der Waals surface area contributed by atoms with Crippen LogP contribution in [0.2, 0.25) is 0 Å². The van der Waals surface area contributed by atoms with Crippen LogP contribution in [-0.4, -0.2) is 27.7 Å². The summed E-state index contributed by atoms with van der Waals surface area (Å²) in [5.41, 5.74) is 4.68. The van der Waals surface area contributed by atoms with E-state index < -0.39 is 5.97 Å². The number of carboxylic acid groups (broad SMARTS) is 1. The quantitative estimate of drug-likeness (QED) is 0.513. The van der Waals surface area contributed by atoms with Gasteiger partial charge in [0.1, 0.15) is 0 Å². The van der Waals surface area contributed by atoms with Crippen LogP contribution < -0.4 is 5.43 Å². The van der Waals surface area contributed by atoms with E-state index in [1.807, 2.05) is 44.2 Å². The lowest BCUT2D eigenvalue weighted by Gasteiger charge is -1.98. The average Bonchev–Trinajstić information content (AvgIpc) is 2.60. The van der Waals surface area contributed by atoms with Gasteiger partial charge in [-0.3, -0.25) is 9.78 Å². The summed E-state index contributed by atoms with van der Waals surface area (Å²) in [6.07, 6.45) is 5.81. The van der Waals surface area contributed by atoms with Gasteiger partial charge in [-0.25, -0.2) is 10.2 Å². The zero-order valence-corrected chi connectivity index (χ0v) is 13.5. The Kier molecular flexibility index (Phi) is 8.17. The van der Waals surface area contributed by atoms with Gasteiger partial charge in [0.25, 0.3) is 5.91 Å². The Bertz CT molecular complexity index is 707. The summed E-state index contributed by atoms with van der Waals surface area (Å²) >= 11 is 0. The number of hydrogen-bond donors (Lipinski definition) is 2. The van der Waals surface area contributed by atoms with E-state index in [1.165, 1.54) is 0 Å². The predicted octanol–water partition coefficient (Wildman–Crippen LogP) is 2.99. The molecule has 1 aromatic heterocycles. The molecule has 1 heterocycles. The summed E-state index contributed by atoms with van der Waals surface area (Å²) in [5, 5.41) is 12.1. The number of hydrazone groups is 1. The Morgan fingerprint density at radius 3 is 2.25 bits per heavy atom. The van der Waals surface area contributed by atoms with Crippen molar-refractivity contribution >= 4 is 23.7 Å². The lowest BCUT2D eigenvalue weighted by molar-refractivity contribution is -0.131. The Morgan fingerprint density at radius 2 is 1.71 bits per heavy atom. The number of carbonyl (C=O) groups excluding carboxylic acids is 1. The van der Waals surface area contributed by atoms with Crippen LogP contribution in [0, 0.1) is 0 Å². The third-order valence-corrected chi connectivity index (χ3v) is 2.54. The van der Waals surface area contributed by atoms with Crippen molar-refractivity contribution in [3.05, 3.63) is 72.1 Å². The highest BCUT2D eigenvalue weighted by Crippen LogP contribution is 2.00. The van der Waals surface area contributed by atoms with E-state index >= 15 is 0 Å². The van der Waals surface area contributed by atoms with Crippen LogP contribution in [0.1, 0.15) is 29.8 Å². The zero-order valence-electron chi connectivity index (χ0n) is 13.5. The number of pyridine rings is 1. The molecule has 0 fully saturated rings. The molecule has 6 heteroatoms. The SMILES string of the molecule is CC(C)=NNC(=O)c1ccncc1.O=C(O)/C=C/c1ccccc1. The van der Waals surface area contributed by atoms with Gasteiger partial charge in [0.05, 0.1) is 0 Å². The molecule has 0 aliphatic rings. The van der Waals surface area contributed by atoms with Gasteiger partial charge in [-0.1, -0.05) is 30.3 Å². The maximum atomic E-state index is 11.3. The first-order valence-electron chi connectivity index (χ1n) is 7.16. The first-order valence-corrected chi connectivity index (χ1v) is 7.16. The highest BCUT2D eigenvalue weighted by atomic mass is 16.4. The fourth-order valence-electron chi connectivity index (χ4n) is 1.46. The van der Waals surface area contributed by atoms with E-state index in [-0.39, 0.29) is 5.91 Å². The lowest BCUT2D eigenvalue weighted by Crippen LogP contribution is -2.18. The third-order valence-electron chi connectivity index (χ3n) is 2.54. The normalized spacial score (nSPS) is 9.58. The summed E-state index contributed by atoms with van der Waals surface area (Å²) in [4.78, 5) is 25.2. The molecule has 0 aliphatic heterocycles. The fraction of sp³-hybridized carbons (Fsp3) is 0.111. The number of carbonyl (C=O) groups is 2. The molecule has 0 saturated heterocycles. The number of aliphatic carboxylic acids is 1. The number of hydrogen-bond acceptors (Lipinski definition) is 4. The lowest BCUT2D eigenvalue weighted by atomic mass is 10.2. The molecule has 0 spiro atoms. The first kappa shape index (κ1) is 18.8. The van der Waals surface area contributed by atoms with Crippen molar-refractivity contribution in [1.82, 2.24) is 10.4 Å². The van der Waals surface area contributed by atoms with Gasteiger partial charge in [0.2, 0.25) is 0 Å². The number of rotatable bonds is 4. The number of benzene rings is 1. The topological polar surface area (TPSA) is 91.7 Å².